The largest absolute Gasteiger partial charge is 0.377 e. The van der Waals surface area contributed by atoms with Crippen LogP contribution in [0.3, 0.4) is 0 Å². The number of benzene rings is 4. The molecule has 0 unspecified atom stereocenters. The van der Waals surface area contributed by atoms with Gasteiger partial charge in [-0.05, 0) is 46.2 Å². The van der Waals surface area contributed by atoms with Gasteiger partial charge in [-0.3, -0.25) is 4.98 Å². The van der Waals surface area contributed by atoms with Crippen molar-refractivity contribution in [3.8, 4) is 0 Å². The molecular formula is C30H29N3. The summed E-state index contributed by atoms with van der Waals surface area (Å²) in [5.41, 5.74) is 6.06. The first-order valence-corrected chi connectivity index (χ1v) is 11.3. The maximum Gasteiger partial charge on any atom is 0.0525 e. The molecule has 0 aliphatic carbocycles. The van der Waals surface area contributed by atoms with Crippen LogP contribution in [0.5, 0.6) is 0 Å². The summed E-state index contributed by atoms with van der Waals surface area (Å²) in [6.07, 6.45) is 1.90. The van der Waals surface area contributed by atoms with Crippen LogP contribution in [0.1, 0.15) is 22.7 Å². The molecule has 3 heteroatoms. The number of fused-ring (bicyclic) bond motifs is 2. The van der Waals surface area contributed by atoms with Crippen LogP contribution in [-0.4, -0.2) is 33.2 Å². The number of hydrogen-bond donors (Lipinski definition) is 0. The van der Waals surface area contributed by atoms with Crippen molar-refractivity contribution in [3.63, 3.8) is 0 Å². The molecule has 0 aliphatic heterocycles. The molecule has 0 radical (unpaired) electrons. The summed E-state index contributed by atoms with van der Waals surface area (Å²) >= 11 is 0. The molecule has 0 aliphatic rings. The Morgan fingerprint density at radius 2 is 0.970 bits per heavy atom. The first-order chi connectivity index (χ1) is 16.1. The van der Waals surface area contributed by atoms with Gasteiger partial charge in [-0.25, -0.2) is 0 Å². The second-order valence-electron chi connectivity index (χ2n) is 8.92. The molecule has 1 aromatic heterocycles. The molecule has 33 heavy (non-hydrogen) atoms. The van der Waals surface area contributed by atoms with Gasteiger partial charge >= 0.3 is 0 Å². The molecule has 5 rings (SSSR count). The van der Waals surface area contributed by atoms with Gasteiger partial charge in [-0.2, -0.15) is 0 Å². The van der Waals surface area contributed by atoms with Crippen molar-refractivity contribution in [1.29, 1.82) is 0 Å². The van der Waals surface area contributed by atoms with E-state index in [0.29, 0.717) is 0 Å². The highest BCUT2D eigenvalue weighted by atomic mass is 15.1. The first-order valence-electron chi connectivity index (χ1n) is 11.3. The van der Waals surface area contributed by atoms with Gasteiger partial charge in [0, 0.05) is 56.5 Å². The number of rotatable bonds is 5. The normalized spacial score (nSPS) is 11.3. The Bertz CT molecular complexity index is 1330. The zero-order chi connectivity index (χ0) is 22.9. The van der Waals surface area contributed by atoms with E-state index < -0.39 is 0 Å². The molecule has 4 aromatic carbocycles. The maximum absolute atomic E-state index is 4.84. The minimum atomic E-state index is 0.0217. The summed E-state index contributed by atoms with van der Waals surface area (Å²) in [7, 11) is 8.41. The highest BCUT2D eigenvalue weighted by molar-refractivity contribution is 6.00. The minimum absolute atomic E-state index is 0.0217. The zero-order valence-electron chi connectivity index (χ0n) is 19.7. The van der Waals surface area contributed by atoms with Crippen molar-refractivity contribution < 1.29 is 0 Å². The minimum Gasteiger partial charge on any atom is -0.377 e. The van der Waals surface area contributed by atoms with E-state index in [1.165, 1.54) is 44.0 Å². The molecule has 5 aromatic rings. The summed E-state index contributed by atoms with van der Waals surface area (Å²) in [5.74, 6) is 0.0217. The van der Waals surface area contributed by atoms with Crippen LogP contribution in [0, 0.1) is 0 Å². The lowest BCUT2D eigenvalue weighted by molar-refractivity contribution is 0.935. The van der Waals surface area contributed by atoms with Gasteiger partial charge in [0.25, 0.3) is 0 Å². The average molecular weight is 432 g/mol. The summed E-state index contributed by atoms with van der Waals surface area (Å²) in [4.78, 5) is 9.21. The smallest absolute Gasteiger partial charge is 0.0525 e. The van der Waals surface area contributed by atoms with Crippen LogP contribution in [0.15, 0.2) is 97.2 Å². The van der Waals surface area contributed by atoms with Gasteiger partial charge in [0.15, 0.2) is 0 Å². The number of hydrogen-bond acceptors (Lipinski definition) is 3. The Morgan fingerprint density at radius 1 is 0.515 bits per heavy atom. The fourth-order valence-electron chi connectivity index (χ4n) is 4.93. The van der Waals surface area contributed by atoms with E-state index in [9.17, 15) is 0 Å². The predicted molar refractivity (Wildman–Crippen MR) is 142 cm³/mol. The summed E-state index contributed by atoms with van der Waals surface area (Å²) in [6, 6.07) is 32.7. The van der Waals surface area contributed by atoms with Gasteiger partial charge in [-0.15, -0.1) is 0 Å². The summed E-state index contributed by atoms with van der Waals surface area (Å²) in [5, 5.41) is 5.05. The molecule has 0 saturated heterocycles. The van der Waals surface area contributed by atoms with Crippen molar-refractivity contribution in [2.45, 2.75) is 5.92 Å². The van der Waals surface area contributed by atoms with Crippen LogP contribution >= 0.6 is 0 Å². The SMILES string of the molecule is CN(C)c1ccc(C(c2ccccn2)c2ccc(N(C)C)c3ccccc23)c2ccccc12. The van der Waals surface area contributed by atoms with E-state index in [2.05, 4.69) is 123 Å². The molecule has 0 bridgehead atoms. The predicted octanol–water partition coefficient (Wildman–Crippen LogP) is 6.70. The van der Waals surface area contributed by atoms with E-state index in [1.54, 1.807) is 0 Å². The summed E-state index contributed by atoms with van der Waals surface area (Å²) < 4.78 is 0. The van der Waals surface area contributed by atoms with Crippen LogP contribution in [-0.2, 0) is 0 Å². The second kappa shape index (κ2) is 8.59. The van der Waals surface area contributed by atoms with Gasteiger partial charge in [0.05, 0.1) is 11.6 Å². The standard InChI is InChI=1S/C30H29N3/c1-32(2)28-18-16-25(21-11-5-7-13-23(21)28)30(27-15-9-10-20-31-27)26-17-19-29(33(3)4)24-14-8-6-12-22(24)26/h5-20,30H,1-4H3. The number of pyridine rings is 1. The topological polar surface area (TPSA) is 19.4 Å². The van der Waals surface area contributed by atoms with Crippen molar-refractivity contribution in [1.82, 2.24) is 4.98 Å². The molecule has 0 N–H and O–H groups in total. The molecule has 0 spiro atoms. The molecule has 0 fully saturated rings. The van der Waals surface area contributed by atoms with E-state index in [-0.39, 0.29) is 5.92 Å². The molecule has 164 valence electrons. The van der Waals surface area contributed by atoms with Gasteiger partial charge < -0.3 is 9.80 Å². The van der Waals surface area contributed by atoms with E-state index in [4.69, 9.17) is 4.98 Å². The highest BCUT2D eigenvalue weighted by Gasteiger charge is 2.24. The number of aromatic nitrogens is 1. The molecule has 0 atom stereocenters. The van der Waals surface area contributed by atoms with E-state index in [0.717, 1.165) is 5.69 Å². The van der Waals surface area contributed by atoms with Gasteiger partial charge in [-0.1, -0.05) is 66.7 Å². The van der Waals surface area contributed by atoms with Crippen molar-refractivity contribution >= 4 is 32.9 Å². The monoisotopic (exact) mass is 431 g/mol. The second-order valence-corrected chi connectivity index (χ2v) is 8.92. The average Bonchev–Trinajstić information content (AvgIpc) is 2.84. The third kappa shape index (κ3) is 3.70. The number of anilines is 2. The van der Waals surface area contributed by atoms with Crippen molar-refractivity contribution in [3.05, 3.63) is 114 Å². The van der Waals surface area contributed by atoms with Crippen LogP contribution in [0.4, 0.5) is 11.4 Å². The lowest BCUT2D eigenvalue weighted by Gasteiger charge is -2.25. The third-order valence-electron chi connectivity index (χ3n) is 6.44. The first kappa shape index (κ1) is 21.0. The fourth-order valence-corrected chi connectivity index (χ4v) is 4.93. The highest BCUT2D eigenvalue weighted by Crippen LogP contribution is 2.42. The van der Waals surface area contributed by atoms with Crippen molar-refractivity contribution in [2.75, 3.05) is 38.0 Å². The lowest BCUT2D eigenvalue weighted by atomic mass is 9.82. The summed E-state index contributed by atoms with van der Waals surface area (Å²) in [6.45, 7) is 0. The van der Waals surface area contributed by atoms with Crippen LogP contribution < -0.4 is 9.80 Å². The van der Waals surface area contributed by atoms with Gasteiger partial charge in [0.2, 0.25) is 0 Å². The molecular weight excluding hydrogens is 402 g/mol. The Labute approximate surface area is 195 Å². The van der Waals surface area contributed by atoms with Crippen LogP contribution in [0.25, 0.3) is 21.5 Å². The zero-order valence-corrected chi connectivity index (χ0v) is 19.7. The molecule has 0 amide bonds. The third-order valence-corrected chi connectivity index (χ3v) is 6.44. The number of nitrogens with zero attached hydrogens (tertiary/aromatic N) is 3. The Hall–Kier alpha value is -3.85. The molecule has 3 nitrogen and oxygen atoms in total. The Morgan fingerprint density at radius 3 is 1.39 bits per heavy atom. The van der Waals surface area contributed by atoms with Crippen molar-refractivity contribution in [2.24, 2.45) is 0 Å². The van der Waals surface area contributed by atoms with E-state index in [1.807, 2.05) is 12.3 Å². The van der Waals surface area contributed by atoms with Crippen LogP contribution in [0.2, 0.25) is 0 Å². The lowest BCUT2D eigenvalue weighted by Crippen LogP contribution is -2.12. The van der Waals surface area contributed by atoms with Gasteiger partial charge in [0.1, 0.15) is 0 Å². The Kier molecular flexibility index (Phi) is 5.47. The van der Waals surface area contributed by atoms with E-state index >= 15 is 0 Å². The Balaban J connectivity index is 1.85. The molecule has 1 heterocycles. The fraction of sp³-hybridized carbons (Fsp3) is 0.167. The maximum atomic E-state index is 4.84. The molecule has 0 saturated carbocycles. The quantitative estimate of drug-likeness (QED) is 0.309.